The molecule has 2 rings (SSSR count). The highest BCUT2D eigenvalue weighted by molar-refractivity contribution is 7.99. The average molecular weight is 380 g/mol. The summed E-state index contributed by atoms with van der Waals surface area (Å²) < 4.78 is 4.75. The molecule has 9 heteroatoms. The van der Waals surface area contributed by atoms with Crippen LogP contribution in [0.25, 0.3) is 0 Å². The molecule has 0 spiro atoms. The lowest BCUT2D eigenvalue weighted by Gasteiger charge is -2.24. The van der Waals surface area contributed by atoms with Crippen LogP contribution in [0.5, 0.6) is 0 Å². The molecule has 0 radical (unpaired) electrons. The number of ether oxygens (including phenoxy) is 1. The van der Waals surface area contributed by atoms with Gasteiger partial charge in [0.1, 0.15) is 12.1 Å². The zero-order valence-corrected chi connectivity index (χ0v) is 15.2. The fraction of sp³-hybridized carbons (Fsp3) is 0.412. The highest BCUT2D eigenvalue weighted by Crippen LogP contribution is 2.21. The van der Waals surface area contributed by atoms with Gasteiger partial charge in [-0.1, -0.05) is 12.1 Å². The fourth-order valence-corrected chi connectivity index (χ4v) is 3.81. The van der Waals surface area contributed by atoms with Crippen LogP contribution in [0.15, 0.2) is 24.3 Å². The number of benzene rings is 1. The van der Waals surface area contributed by atoms with Crippen LogP contribution in [-0.4, -0.2) is 64.6 Å². The van der Waals surface area contributed by atoms with Crippen molar-refractivity contribution in [3.63, 3.8) is 0 Å². The number of nitrogens with zero attached hydrogens (tertiary/aromatic N) is 1. The lowest BCUT2D eigenvalue weighted by atomic mass is 10.0. The quantitative estimate of drug-likeness (QED) is 0.691. The number of aromatic carboxylic acids is 1. The first-order valence-corrected chi connectivity index (χ1v) is 9.04. The third-order valence-corrected chi connectivity index (χ3v) is 5.04. The van der Waals surface area contributed by atoms with Crippen LogP contribution in [0.4, 0.5) is 0 Å². The predicted octanol–water partition coefficient (Wildman–Crippen LogP) is 0.506. The SMILES string of the molecule is COC(=O)C(Cc1ccc(C(=O)O)cc1)NC(=O)C1CSCN1C(C)=O. The summed E-state index contributed by atoms with van der Waals surface area (Å²) in [6.07, 6.45) is 0.151. The van der Waals surface area contributed by atoms with E-state index in [0.29, 0.717) is 17.2 Å². The van der Waals surface area contributed by atoms with Gasteiger partial charge in [-0.2, -0.15) is 0 Å². The first-order valence-electron chi connectivity index (χ1n) is 7.89. The van der Waals surface area contributed by atoms with E-state index in [4.69, 9.17) is 9.84 Å². The Hall–Kier alpha value is -2.55. The number of hydrogen-bond donors (Lipinski definition) is 2. The summed E-state index contributed by atoms with van der Waals surface area (Å²) in [6.45, 7) is 1.40. The number of esters is 1. The second-order valence-electron chi connectivity index (χ2n) is 5.80. The van der Waals surface area contributed by atoms with Crippen LogP contribution < -0.4 is 5.32 Å². The minimum atomic E-state index is -1.04. The highest BCUT2D eigenvalue weighted by atomic mass is 32.2. The molecule has 2 unspecified atom stereocenters. The topological polar surface area (TPSA) is 113 Å². The van der Waals surface area contributed by atoms with Crippen LogP contribution >= 0.6 is 11.8 Å². The van der Waals surface area contributed by atoms with E-state index in [9.17, 15) is 19.2 Å². The second-order valence-corrected chi connectivity index (χ2v) is 6.79. The van der Waals surface area contributed by atoms with Gasteiger partial charge in [0.25, 0.3) is 0 Å². The average Bonchev–Trinajstić information content (AvgIpc) is 3.11. The van der Waals surface area contributed by atoms with Gasteiger partial charge >= 0.3 is 11.9 Å². The van der Waals surface area contributed by atoms with Crippen LogP contribution in [0.1, 0.15) is 22.8 Å². The summed E-state index contributed by atoms with van der Waals surface area (Å²) >= 11 is 1.47. The monoisotopic (exact) mass is 380 g/mol. The molecule has 2 atom stereocenters. The second kappa shape index (κ2) is 8.70. The molecule has 2 N–H and O–H groups in total. The third kappa shape index (κ3) is 4.75. The Morgan fingerprint density at radius 1 is 1.31 bits per heavy atom. The number of thioether (sulfide) groups is 1. The van der Waals surface area contributed by atoms with Crippen molar-refractivity contribution in [1.29, 1.82) is 0 Å². The molecule has 1 heterocycles. The Kier molecular flexibility index (Phi) is 6.62. The Bertz CT molecular complexity index is 706. The number of carbonyl (C=O) groups excluding carboxylic acids is 3. The highest BCUT2D eigenvalue weighted by Gasteiger charge is 2.35. The minimum Gasteiger partial charge on any atom is -0.478 e. The minimum absolute atomic E-state index is 0.132. The maximum Gasteiger partial charge on any atom is 0.335 e. The summed E-state index contributed by atoms with van der Waals surface area (Å²) in [5.74, 6) is -1.37. The maximum absolute atomic E-state index is 12.5. The normalized spacial score (nSPS) is 17.5. The molecular weight excluding hydrogens is 360 g/mol. The van der Waals surface area contributed by atoms with Gasteiger partial charge in [0.05, 0.1) is 18.6 Å². The van der Waals surface area contributed by atoms with Crippen molar-refractivity contribution in [2.45, 2.75) is 25.4 Å². The molecule has 1 fully saturated rings. The first kappa shape index (κ1) is 19.8. The van der Waals surface area contributed by atoms with Gasteiger partial charge in [-0.15, -0.1) is 11.8 Å². The molecule has 1 aromatic carbocycles. The van der Waals surface area contributed by atoms with Crippen LogP contribution in [0, 0.1) is 0 Å². The van der Waals surface area contributed by atoms with Crippen molar-refractivity contribution in [3.05, 3.63) is 35.4 Å². The molecule has 26 heavy (non-hydrogen) atoms. The summed E-state index contributed by atoms with van der Waals surface area (Å²) in [5, 5.41) is 11.6. The Morgan fingerprint density at radius 3 is 2.50 bits per heavy atom. The molecule has 140 valence electrons. The van der Waals surface area contributed by atoms with Gasteiger partial charge in [0, 0.05) is 19.1 Å². The molecule has 0 bridgehead atoms. The van der Waals surface area contributed by atoms with E-state index in [1.54, 1.807) is 12.1 Å². The Labute approximate surface area is 154 Å². The number of methoxy groups -OCH3 is 1. The molecule has 1 aromatic rings. The molecule has 2 amide bonds. The van der Waals surface area contributed by atoms with Crippen molar-refractivity contribution in [2.24, 2.45) is 0 Å². The van der Waals surface area contributed by atoms with Crippen LogP contribution in [-0.2, 0) is 25.5 Å². The molecule has 0 aliphatic carbocycles. The van der Waals surface area contributed by atoms with E-state index >= 15 is 0 Å². The number of hydrogen-bond acceptors (Lipinski definition) is 6. The Morgan fingerprint density at radius 2 is 1.96 bits per heavy atom. The molecule has 8 nitrogen and oxygen atoms in total. The number of rotatable bonds is 6. The van der Waals surface area contributed by atoms with E-state index in [1.165, 1.54) is 42.8 Å². The molecular formula is C17H20N2O6S. The van der Waals surface area contributed by atoms with E-state index in [1.807, 2.05) is 0 Å². The molecule has 1 aliphatic rings. The zero-order chi connectivity index (χ0) is 19.3. The standard InChI is InChI=1S/C17H20N2O6S/c1-10(20)19-9-26-8-14(19)15(21)18-13(17(24)25-2)7-11-3-5-12(6-4-11)16(22)23/h3-6,13-14H,7-9H2,1-2H3,(H,18,21)(H,22,23). The van der Waals surface area contributed by atoms with Crippen molar-refractivity contribution in [2.75, 3.05) is 18.7 Å². The van der Waals surface area contributed by atoms with Gasteiger partial charge in [-0.05, 0) is 17.7 Å². The summed E-state index contributed by atoms with van der Waals surface area (Å²) in [4.78, 5) is 48.5. The number of carboxylic acid groups (broad SMARTS) is 1. The zero-order valence-electron chi connectivity index (χ0n) is 14.4. The number of nitrogens with one attached hydrogen (secondary N) is 1. The predicted molar refractivity (Wildman–Crippen MR) is 94.7 cm³/mol. The molecule has 0 saturated carbocycles. The van der Waals surface area contributed by atoms with Crippen molar-refractivity contribution in [1.82, 2.24) is 10.2 Å². The number of carbonyl (C=O) groups is 4. The lowest BCUT2D eigenvalue weighted by Crippen LogP contribution is -2.52. The van der Waals surface area contributed by atoms with E-state index in [2.05, 4.69) is 5.32 Å². The summed E-state index contributed by atoms with van der Waals surface area (Å²) in [7, 11) is 1.22. The van der Waals surface area contributed by atoms with E-state index in [-0.39, 0.29) is 17.9 Å². The van der Waals surface area contributed by atoms with Crippen molar-refractivity contribution in [3.8, 4) is 0 Å². The Balaban J connectivity index is 2.09. The van der Waals surface area contributed by atoms with Gasteiger partial charge in [-0.3, -0.25) is 9.59 Å². The van der Waals surface area contributed by atoms with Gasteiger partial charge in [0.15, 0.2) is 0 Å². The van der Waals surface area contributed by atoms with Crippen molar-refractivity contribution < 1.29 is 29.0 Å². The number of carboxylic acids is 1. The van der Waals surface area contributed by atoms with Crippen molar-refractivity contribution >= 4 is 35.5 Å². The summed E-state index contributed by atoms with van der Waals surface area (Å²) in [6, 6.07) is 4.47. The smallest absolute Gasteiger partial charge is 0.335 e. The van der Waals surface area contributed by atoms with Gasteiger partial charge in [0.2, 0.25) is 11.8 Å². The maximum atomic E-state index is 12.5. The molecule has 1 aliphatic heterocycles. The molecule has 1 saturated heterocycles. The van der Waals surface area contributed by atoms with Crippen LogP contribution in [0.3, 0.4) is 0 Å². The van der Waals surface area contributed by atoms with Gasteiger partial charge < -0.3 is 20.1 Å². The summed E-state index contributed by atoms with van der Waals surface area (Å²) in [5.41, 5.74) is 0.808. The van der Waals surface area contributed by atoms with Crippen LogP contribution in [0.2, 0.25) is 0 Å². The molecule has 0 aromatic heterocycles. The fourth-order valence-electron chi connectivity index (χ4n) is 2.59. The first-order chi connectivity index (χ1) is 12.3. The van der Waals surface area contributed by atoms with E-state index < -0.39 is 29.9 Å². The van der Waals surface area contributed by atoms with E-state index in [0.717, 1.165) is 0 Å². The lowest BCUT2D eigenvalue weighted by molar-refractivity contribution is -0.146. The number of amides is 2. The van der Waals surface area contributed by atoms with Gasteiger partial charge in [-0.25, -0.2) is 9.59 Å². The largest absolute Gasteiger partial charge is 0.478 e. The third-order valence-electron chi connectivity index (χ3n) is 4.03.